The molecule has 1 aromatic heterocycles. The number of piperidine rings is 1. The van der Waals surface area contributed by atoms with E-state index < -0.39 is 11.9 Å². The Morgan fingerprint density at radius 2 is 1.87 bits per heavy atom. The molecule has 160 valence electrons. The van der Waals surface area contributed by atoms with Crippen LogP contribution in [0.5, 0.6) is 5.75 Å². The van der Waals surface area contributed by atoms with Crippen LogP contribution in [0.25, 0.3) is 11.0 Å². The number of para-hydroxylation sites is 1. The molecule has 1 saturated carbocycles. The topological polar surface area (TPSA) is 97.6 Å². The Kier molecular flexibility index (Phi) is 4.86. The third-order valence-electron chi connectivity index (χ3n) is 6.62. The highest BCUT2D eigenvalue weighted by Crippen LogP contribution is 2.34. The van der Waals surface area contributed by atoms with Crippen LogP contribution < -0.4 is 21.1 Å². The number of imide groups is 1. The Bertz CT molecular complexity index is 1050. The van der Waals surface area contributed by atoms with Crippen LogP contribution in [0.1, 0.15) is 31.7 Å². The molecule has 30 heavy (non-hydrogen) atoms. The maximum absolute atomic E-state index is 13.0. The van der Waals surface area contributed by atoms with E-state index in [1.807, 2.05) is 18.2 Å². The van der Waals surface area contributed by atoms with Gasteiger partial charge in [0.15, 0.2) is 0 Å². The van der Waals surface area contributed by atoms with Crippen LogP contribution in [-0.2, 0) is 16.6 Å². The second kappa shape index (κ2) is 7.55. The fraction of sp³-hybridized carbons (Fsp3) is 0.571. The molecule has 2 aromatic rings. The van der Waals surface area contributed by atoms with Crippen molar-refractivity contribution in [2.75, 3.05) is 26.2 Å². The molecule has 1 aromatic carbocycles. The van der Waals surface area contributed by atoms with Gasteiger partial charge in [-0.2, -0.15) is 0 Å². The van der Waals surface area contributed by atoms with Gasteiger partial charge in [0, 0.05) is 58.5 Å². The summed E-state index contributed by atoms with van der Waals surface area (Å²) in [7, 11) is 1.70. The van der Waals surface area contributed by atoms with Gasteiger partial charge < -0.3 is 10.1 Å². The number of rotatable bonds is 4. The zero-order valence-corrected chi connectivity index (χ0v) is 17.1. The lowest BCUT2D eigenvalue weighted by molar-refractivity contribution is -0.135. The Balaban J connectivity index is 1.39. The Labute approximate surface area is 174 Å². The highest BCUT2D eigenvalue weighted by Gasteiger charge is 2.36. The minimum atomic E-state index is -0.685. The van der Waals surface area contributed by atoms with Gasteiger partial charge in [-0.05, 0) is 18.6 Å². The van der Waals surface area contributed by atoms with E-state index in [1.54, 1.807) is 11.6 Å². The molecule has 2 aliphatic heterocycles. The molecule has 3 aliphatic rings. The molecule has 1 atom stereocenters. The summed E-state index contributed by atoms with van der Waals surface area (Å²) >= 11 is 0. The number of fused-ring (bicyclic) bond motifs is 1. The first-order valence-electron chi connectivity index (χ1n) is 10.7. The van der Waals surface area contributed by atoms with E-state index in [-0.39, 0.29) is 24.1 Å². The molecule has 9 nitrogen and oxygen atoms in total. The average Bonchev–Trinajstić information content (AvgIpc) is 2.97. The number of carbonyl (C=O) groups is 2. The number of benzene rings is 1. The summed E-state index contributed by atoms with van der Waals surface area (Å²) in [6.45, 7) is 4.24. The van der Waals surface area contributed by atoms with E-state index in [1.165, 1.54) is 4.57 Å². The van der Waals surface area contributed by atoms with Gasteiger partial charge in [-0.15, -0.1) is 0 Å². The fourth-order valence-electron chi connectivity index (χ4n) is 4.89. The van der Waals surface area contributed by atoms with Crippen molar-refractivity contribution in [1.29, 1.82) is 0 Å². The zero-order valence-electron chi connectivity index (χ0n) is 17.1. The number of nitrogens with one attached hydrogen (secondary N) is 2. The number of aromatic nitrogens is 2. The van der Waals surface area contributed by atoms with Gasteiger partial charge in [-0.25, -0.2) is 4.79 Å². The van der Waals surface area contributed by atoms with Gasteiger partial charge in [-0.3, -0.25) is 28.9 Å². The largest absolute Gasteiger partial charge is 0.488 e. The lowest BCUT2D eigenvalue weighted by Crippen LogP contribution is -2.55. The van der Waals surface area contributed by atoms with E-state index in [0.29, 0.717) is 29.2 Å². The average molecular weight is 413 g/mol. The second-order valence-electron chi connectivity index (χ2n) is 8.45. The third-order valence-corrected chi connectivity index (χ3v) is 6.62. The van der Waals surface area contributed by atoms with Crippen LogP contribution in [0.4, 0.5) is 0 Å². The summed E-state index contributed by atoms with van der Waals surface area (Å²) < 4.78 is 9.33. The van der Waals surface area contributed by atoms with E-state index in [4.69, 9.17) is 4.74 Å². The minimum absolute atomic E-state index is 0.129. The Hall–Kier alpha value is -2.65. The van der Waals surface area contributed by atoms with Crippen molar-refractivity contribution in [3.8, 4) is 5.75 Å². The van der Waals surface area contributed by atoms with E-state index in [9.17, 15) is 14.4 Å². The molecule has 2 saturated heterocycles. The molecule has 0 radical (unpaired) electrons. The Morgan fingerprint density at radius 3 is 2.60 bits per heavy atom. The van der Waals surface area contributed by atoms with Crippen molar-refractivity contribution in [2.24, 2.45) is 7.05 Å². The van der Waals surface area contributed by atoms with Crippen molar-refractivity contribution in [1.82, 2.24) is 24.7 Å². The van der Waals surface area contributed by atoms with Crippen molar-refractivity contribution >= 4 is 22.8 Å². The third kappa shape index (κ3) is 3.22. The molecule has 2 N–H and O–H groups in total. The number of hydrogen-bond donors (Lipinski definition) is 2. The first kappa shape index (κ1) is 19.3. The standard InChI is InChI=1S/C21H27N5O4/c1-24-19-15(26(21(24)29)16-5-6-18(27)23-20(16)28)3-2-4-17(19)30-14-11-13(12-14)25-9-7-22-8-10-25/h2-4,13-14,16,22H,5-12H2,1H3,(H,23,27,28). The van der Waals surface area contributed by atoms with Crippen molar-refractivity contribution in [3.05, 3.63) is 28.7 Å². The molecular formula is C21H27N5O4. The van der Waals surface area contributed by atoms with Crippen molar-refractivity contribution in [2.45, 2.75) is 43.9 Å². The molecule has 2 amide bonds. The van der Waals surface area contributed by atoms with Crippen LogP contribution >= 0.6 is 0 Å². The number of amides is 2. The molecule has 1 aliphatic carbocycles. The summed E-state index contributed by atoms with van der Waals surface area (Å²) in [6, 6.07) is 5.45. The highest BCUT2D eigenvalue weighted by molar-refractivity contribution is 6.00. The van der Waals surface area contributed by atoms with Crippen LogP contribution in [-0.4, -0.2) is 64.2 Å². The normalized spacial score (nSPS) is 27.7. The number of carbonyl (C=O) groups excluding carboxylic acids is 2. The van der Waals surface area contributed by atoms with Gasteiger partial charge in [-0.1, -0.05) is 6.07 Å². The molecule has 3 fully saturated rings. The van der Waals surface area contributed by atoms with Crippen molar-refractivity contribution < 1.29 is 14.3 Å². The number of ether oxygens (including phenoxy) is 1. The summed E-state index contributed by atoms with van der Waals surface area (Å²) in [5.41, 5.74) is 1.08. The monoisotopic (exact) mass is 413 g/mol. The SMILES string of the molecule is Cn1c(=O)n(C2CCC(=O)NC2=O)c2cccc(OC3CC(N4CCNCC4)C3)c21. The lowest BCUT2D eigenvalue weighted by Gasteiger charge is -2.44. The van der Waals surface area contributed by atoms with Crippen LogP contribution in [0.15, 0.2) is 23.0 Å². The lowest BCUT2D eigenvalue weighted by atomic mass is 9.87. The molecule has 9 heteroatoms. The first-order chi connectivity index (χ1) is 14.5. The van der Waals surface area contributed by atoms with Crippen molar-refractivity contribution in [3.63, 3.8) is 0 Å². The van der Waals surface area contributed by atoms with Gasteiger partial charge in [0.05, 0.1) is 5.52 Å². The van der Waals surface area contributed by atoms with Gasteiger partial charge in [0.25, 0.3) is 0 Å². The molecule has 0 bridgehead atoms. The minimum Gasteiger partial charge on any atom is -0.488 e. The number of aryl methyl sites for hydroxylation is 1. The number of nitrogens with zero attached hydrogens (tertiary/aromatic N) is 3. The zero-order chi connectivity index (χ0) is 20.8. The van der Waals surface area contributed by atoms with Gasteiger partial charge in [0.2, 0.25) is 11.8 Å². The Morgan fingerprint density at radius 1 is 1.10 bits per heavy atom. The fourth-order valence-corrected chi connectivity index (χ4v) is 4.89. The smallest absolute Gasteiger partial charge is 0.329 e. The predicted octanol–water partition coefficient (Wildman–Crippen LogP) is 0.133. The van der Waals surface area contributed by atoms with Crippen LogP contribution in [0.2, 0.25) is 0 Å². The van der Waals surface area contributed by atoms with Crippen LogP contribution in [0.3, 0.4) is 0 Å². The molecular weight excluding hydrogens is 386 g/mol. The second-order valence-corrected chi connectivity index (χ2v) is 8.45. The number of hydrogen-bond acceptors (Lipinski definition) is 6. The van der Waals surface area contributed by atoms with Crippen LogP contribution in [0, 0.1) is 0 Å². The number of imidazole rings is 1. The van der Waals surface area contributed by atoms with E-state index in [0.717, 1.165) is 39.0 Å². The quantitative estimate of drug-likeness (QED) is 0.692. The highest BCUT2D eigenvalue weighted by atomic mass is 16.5. The molecule has 3 heterocycles. The predicted molar refractivity (Wildman–Crippen MR) is 110 cm³/mol. The maximum Gasteiger partial charge on any atom is 0.329 e. The first-order valence-corrected chi connectivity index (χ1v) is 10.7. The summed E-state index contributed by atoms with van der Waals surface area (Å²) in [5, 5.41) is 5.72. The van der Waals surface area contributed by atoms with E-state index >= 15 is 0 Å². The molecule has 5 rings (SSSR count). The number of piperazine rings is 1. The van der Waals surface area contributed by atoms with E-state index in [2.05, 4.69) is 15.5 Å². The van der Waals surface area contributed by atoms with Gasteiger partial charge in [0.1, 0.15) is 23.4 Å². The van der Waals surface area contributed by atoms with Gasteiger partial charge >= 0.3 is 5.69 Å². The molecule has 0 spiro atoms. The molecule has 1 unspecified atom stereocenters. The summed E-state index contributed by atoms with van der Waals surface area (Å²) in [6.07, 6.45) is 2.65. The summed E-state index contributed by atoms with van der Waals surface area (Å²) in [4.78, 5) is 39.4. The summed E-state index contributed by atoms with van der Waals surface area (Å²) in [5.74, 6) is -0.0514. The maximum atomic E-state index is 13.0.